The Morgan fingerprint density at radius 1 is 1.17 bits per heavy atom. The molecule has 1 unspecified atom stereocenters. The number of aromatic nitrogens is 5. The SMILES string of the molecule is C=CC(=O)N1Cc2cc(-c3nc(-c4ccc5ncn(C)c5c4)c4ccsc4c3-c3c(F)cc(F)cc3OCC(C)(C)O)nn2CC1C. The van der Waals surface area contributed by atoms with Gasteiger partial charge in [0.15, 0.2) is 0 Å². The molecule has 1 N–H and O–H groups in total. The zero-order valence-electron chi connectivity index (χ0n) is 26.3. The number of carbonyl (C=O) groups excluding carboxylic acids is 1. The number of carbonyl (C=O) groups is 1. The smallest absolute Gasteiger partial charge is 0.246 e. The molecule has 0 aliphatic carbocycles. The molecule has 0 fully saturated rings. The molecular formula is C35H32F2N6O3S. The number of fused-ring (bicyclic) bond motifs is 3. The first kappa shape index (κ1) is 30.7. The third-order valence-corrected chi connectivity index (χ3v) is 9.25. The first-order chi connectivity index (χ1) is 22.4. The molecule has 5 heterocycles. The van der Waals surface area contributed by atoms with E-state index in [0.717, 1.165) is 39.8 Å². The van der Waals surface area contributed by atoms with Crippen molar-refractivity contribution in [2.75, 3.05) is 6.61 Å². The minimum atomic E-state index is -1.26. The summed E-state index contributed by atoms with van der Waals surface area (Å²) in [7, 11) is 1.92. The number of rotatable bonds is 7. The average Bonchev–Trinajstić information content (AvgIpc) is 3.77. The molecule has 0 saturated carbocycles. The largest absolute Gasteiger partial charge is 0.490 e. The molecule has 0 bridgehead atoms. The standard InChI is InChI=1S/C35H32F2N6O3S/c1-6-29(44)42-16-22-14-26(40-43(22)15-19(42)2)33-31(30-24(37)12-21(36)13-28(30)46-17-35(3,4)45)34-23(9-10-47-34)32(39-33)20-7-8-25-27(11-20)41(5)18-38-25/h6-14,18-19,45H,1,15-17H2,2-5H3. The fraction of sp³-hybridized carbons (Fsp3) is 0.257. The van der Waals surface area contributed by atoms with E-state index in [-0.39, 0.29) is 29.9 Å². The van der Waals surface area contributed by atoms with Gasteiger partial charge >= 0.3 is 0 Å². The fourth-order valence-electron chi connectivity index (χ4n) is 6.04. The second-order valence-electron chi connectivity index (χ2n) is 12.5. The predicted molar refractivity (Wildman–Crippen MR) is 178 cm³/mol. The molecule has 1 aliphatic heterocycles. The van der Waals surface area contributed by atoms with Crippen LogP contribution in [-0.2, 0) is 24.9 Å². The summed E-state index contributed by atoms with van der Waals surface area (Å²) in [5, 5.41) is 18.0. The van der Waals surface area contributed by atoms with Crippen LogP contribution in [0.2, 0.25) is 0 Å². The van der Waals surface area contributed by atoms with Crippen molar-refractivity contribution in [1.82, 2.24) is 29.2 Å². The van der Waals surface area contributed by atoms with Gasteiger partial charge in [0.05, 0.1) is 53.0 Å². The van der Waals surface area contributed by atoms with E-state index in [1.54, 1.807) is 25.1 Å². The summed E-state index contributed by atoms with van der Waals surface area (Å²) in [6, 6.07) is 11.5. The van der Waals surface area contributed by atoms with Gasteiger partial charge in [0.1, 0.15) is 35.4 Å². The Morgan fingerprint density at radius 3 is 2.74 bits per heavy atom. The summed E-state index contributed by atoms with van der Waals surface area (Å²) in [5.74, 6) is -1.89. The Kier molecular flexibility index (Phi) is 7.44. The first-order valence-electron chi connectivity index (χ1n) is 15.1. The Morgan fingerprint density at radius 2 is 1.98 bits per heavy atom. The number of hydrogen-bond donors (Lipinski definition) is 1. The second-order valence-corrected chi connectivity index (χ2v) is 13.4. The summed E-state index contributed by atoms with van der Waals surface area (Å²) in [4.78, 5) is 24.0. The number of benzene rings is 2. The van der Waals surface area contributed by atoms with Crippen LogP contribution in [0.3, 0.4) is 0 Å². The van der Waals surface area contributed by atoms with E-state index in [4.69, 9.17) is 14.8 Å². The number of nitrogens with zero attached hydrogens (tertiary/aromatic N) is 6. The zero-order valence-corrected chi connectivity index (χ0v) is 27.1. The minimum Gasteiger partial charge on any atom is -0.490 e. The molecular weight excluding hydrogens is 622 g/mol. The predicted octanol–water partition coefficient (Wildman–Crippen LogP) is 6.73. The molecule has 6 aromatic rings. The van der Waals surface area contributed by atoms with E-state index in [1.165, 1.54) is 17.4 Å². The topological polar surface area (TPSA) is 98.3 Å². The molecule has 0 radical (unpaired) electrons. The third kappa shape index (κ3) is 5.47. The van der Waals surface area contributed by atoms with Crippen molar-refractivity contribution in [3.63, 3.8) is 0 Å². The van der Waals surface area contributed by atoms with Gasteiger partial charge in [-0.2, -0.15) is 5.10 Å². The van der Waals surface area contributed by atoms with Crippen molar-refractivity contribution in [2.45, 2.75) is 45.5 Å². The number of pyridine rings is 1. The molecule has 7 rings (SSSR count). The summed E-state index contributed by atoms with van der Waals surface area (Å²) >= 11 is 1.40. The van der Waals surface area contributed by atoms with Crippen molar-refractivity contribution in [2.24, 2.45) is 7.05 Å². The third-order valence-electron chi connectivity index (χ3n) is 8.32. The Balaban J connectivity index is 1.50. The highest BCUT2D eigenvalue weighted by atomic mass is 32.1. The number of ether oxygens (including phenoxy) is 1. The number of aryl methyl sites for hydroxylation is 1. The van der Waals surface area contributed by atoms with E-state index in [2.05, 4.69) is 11.6 Å². The summed E-state index contributed by atoms with van der Waals surface area (Å²) in [6.45, 7) is 9.25. The van der Waals surface area contributed by atoms with E-state index in [9.17, 15) is 14.3 Å². The minimum absolute atomic E-state index is 0.0158. The van der Waals surface area contributed by atoms with Crippen LogP contribution in [0, 0.1) is 11.6 Å². The highest BCUT2D eigenvalue weighted by Crippen LogP contribution is 2.47. The molecule has 0 saturated heterocycles. The van der Waals surface area contributed by atoms with Crippen molar-refractivity contribution >= 4 is 38.4 Å². The summed E-state index contributed by atoms with van der Waals surface area (Å²) < 4.78 is 41.2. The second kappa shape index (κ2) is 11.4. The number of thiophene rings is 1. The van der Waals surface area contributed by atoms with Gasteiger partial charge in [-0.3, -0.25) is 9.48 Å². The van der Waals surface area contributed by atoms with Crippen molar-refractivity contribution in [1.29, 1.82) is 0 Å². The number of hydrogen-bond acceptors (Lipinski definition) is 7. The lowest BCUT2D eigenvalue weighted by atomic mass is 9.96. The van der Waals surface area contributed by atoms with Gasteiger partial charge < -0.3 is 19.3 Å². The molecule has 1 atom stereocenters. The Bertz CT molecular complexity index is 2210. The number of halogens is 2. The number of amides is 1. The summed E-state index contributed by atoms with van der Waals surface area (Å²) in [5.41, 5.74) is 4.01. The van der Waals surface area contributed by atoms with Gasteiger partial charge in [0.2, 0.25) is 5.91 Å². The van der Waals surface area contributed by atoms with Gasteiger partial charge in [0.25, 0.3) is 0 Å². The highest BCUT2D eigenvalue weighted by Gasteiger charge is 2.31. The quantitative estimate of drug-likeness (QED) is 0.192. The van der Waals surface area contributed by atoms with Gasteiger partial charge in [0, 0.05) is 46.4 Å². The van der Waals surface area contributed by atoms with E-state index < -0.39 is 17.2 Å². The summed E-state index contributed by atoms with van der Waals surface area (Å²) in [6.07, 6.45) is 3.05. The van der Waals surface area contributed by atoms with Gasteiger partial charge in [-0.15, -0.1) is 11.3 Å². The van der Waals surface area contributed by atoms with Crippen LogP contribution in [0.5, 0.6) is 5.75 Å². The molecule has 4 aromatic heterocycles. The van der Waals surface area contributed by atoms with Crippen LogP contribution in [0.15, 0.2) is 66.8 Å². The Hall–Kier alpha value is -4.94. The normalized spacial score (nSPS) is 15.0. The monoisotopic (exact) mass is 654 g/mol. The highest BCUT2D eigenvalue weighted by molar-refractivity contribution is 7.18. The van der Waals surface area contributed by atoms with E-state index >= 15 is 4.39 Å². The van der Waals surface area contributed by atoms with Crippen LogP contribution >= 0.6 is 11.3 Å². The maximum Gasteiger partial charge on any atom is 0.246 e. The molecule has 9 nitrogen and oxygen atoms in total. The maximum atomic E-state index is 16.1. The van der Waals surface area contributed by atoms with Crippen molar-refractivity contribution in [3.05, 3.63) is 84.2 Å². The maximum absolute atomic E-state index is 16.1. The van der Waals surface area contributed by atoms with Gasteiger partial charge in [-0.25, -0.2) is 18.7 Å². The lowest BCUT2D eigenvalue weighted by Crippen LogP contribution is -2.44. The molecule has 1 aliphatic rings. The molecule has 12 heteroatoms. The lowest BCUT2D eigenvalue weighted by Gasteiger charge is -2.33. The van der Waals surface area contributed by atoms with E-state index in [0.29, 0.717) is 40.4 Å². The van der Waals surface area contributed by atoms with Crippen molar-refractivity contribution < 1.29 is 23.4 Å². The average molecular weight is 655 g/mol. The molecule has 240 valence electrons. The molecule has 2 aromatic carbocycles. The zero-order chi connectivity index (χ0) is 33.2. The van der Waals surface area contributed by atoms with E-state index in [1.807, 2.05) is 58.9 Å². The number of imidazole rings is 1. The Labute approximate surface area is 273 Å². The van der Waals surface area contributed by atoms with Crippen LogP contribution in [0.1, 0.15) is 26.5 Å². The first-order valence-corrected chi connectivity index (χ1v) is 16.0. The fourth-order valence-corrected chi connectivity index (χ4v) is 6.99. The van der Waals surface area contributed by atoms with Crippen LogP contribution in [-0.4, -0.2) is 58.5 Å². The molecule has 0 spiro atoms. The number of aliphatic hydroxyl groups is 1. The van der Waals surface area contributed by atoms with Crippen molar-refractivity contribution in [3.8, 4) is 39.5 Å². The van der Waals surface area contributed by atoms with Crippen LogP contribution in [0.4, 0.5) is 8.78 Å². The van der Waals surface area contributed by atoms with Crippen LogP contribution in [0.25, 0.3) is 54.9 Å². The van der Waals surface area contributed by atoms with Crippen LogP contribution < -0.4 is 4.74 Å². The molecule has 47 heavy (non-hydrogen) atoms. The molecule has 1 amide bonds. The van der Waals surface area contributed by atoms with Gasteiger partial charge in [-0.1, -0.05) is 12.6 Å². The lowest BCUT2D eigenvalue weighted by molar-refractivity contribution is -0.129. The van der Waals surface area contributed by atoms with Gasteiger partial charge in [-0.05, 0) is 56.5 Å².